The van der Waals surface area contributed by atoms with Crippen molar-refractivity contribution in [2.75, 3.05) is 0 Å². The number of hydrogen-bond acceptors (Lipinski definition) is 4. The van der Waals surface area contributed by atoms with Crippen LogP contribution in [0.2, 0.25) is 0 Å². The Hall–Kier alpha value is -2.45. The number of halogens is 3. The summed E-state index contributed by atoms with van der Waals surface area (Å²) in [5.74, 6) is -1.84. The lowest BCUT2D eigenvalue weighted by atomic mass is 9.61. The second kappa shape index (κ2) is 6.69. The van der Waals surface area contributed by atoms with Gasteiger partial charge in [-0.15, -0.1) is 13.2 Å². The van der Waals surface area contributed by atoms with Gasteiger partial charge in [0.1, 0.15) is 16.8 Å². The Morgan fingerprint density at radius 3 is 2.27 bits per heavy atom. The first-order valence-electron chi connectivity index (χ1n) is 7.90. The zero-order valence-corrected chi connectivity index (χ0v) is 14.5. The number of aliphatic carboxylic acids is 1. The molecule has 1 amide bonds. The van der Waals surface area contributed by atoms with E-state index in [0.29, 0.717) is 0 Å². The molecule has 1 saturated carbocycles. The second-order valence-corrected chi connectivity index (χ2v) is 7.18. The molecule has 2 rings (SSSR count). The average molecular weight is 375 g/mol. The zero-order valence-electron chi connectivity index (χ0n) is 14.5. The van der Waals surface area contributed by atoms with Crippen LogP contribution in [-0.4, -0.2) is 35.2 Å². The van der Waals surface area contributed by atoms with Crippen LogP contribution in [-0.2, 0) is 14.9 Å². The Kier molecular flexibility index (Phi) is 5.12. The summed E-state index contributed by atoms with van der Waals surface area (Å²) in [4.78, 5) is 23.6. The molecule has 1 aliphatic rings. The van der Waals surface area contributed by atoms with Crippen molar-refractivity contribution >= 4 is 12.1 Å². The highest BCUT2D eigenvalue weighted by atomic mass is 19.4. The molecular formula is C17H20F3NO5. The van der Waals surface area contributed by atoms with Gasteiger partial charge in [0.15, 0.2) is 0 Å². The van der Waals surface area contributed by atoms with Crippen LogP contribution < -0.4 is 10.1 Å². The minimum absolute atomic E-state index is 0.0696. The van der Waals surface area contributed by atoms with Gasteiger partial charge < -0.3 is 19.9 Å². The smallest absolute Gasteiger partial charge is 0.481 e. The average Bonchev–Trinajstić information content (AvgIpc) is 2.39. The third kappa shape index (κ3) is 4.59. The standard InChI is InChI=1S/C17H20F3NO5/c1-15(2,3)26-14(24)21-10-8-16(9-10,13(22)23)11-6-4-5-7-12(11)25-17(18,19)20/h4-7,10H,8-9H2,1-3H3,(H,21,24)(H,22,23). The summed E-state index contributed by atoms with van der Waals surface area (Å²) in [6.07, 6.45) is -5.78. The summed E-state index contributed by atoms with van der Waals surface area (Å²) in [7, 11) is 0. The van der Waals surface area contributed by atoms with E-state index in [4.69, 9.17) is 4.74 Å². The van der Waals surface area contributed by atoms with Gasteiger partial charge in [0, 0.05) is 11.6 Å². The molecule has 144 valence electrons. The summed E-state index contributed by atoms with van der Waals surface area (Å²) in [5.41, 5.74) is -2.36. The number of carbonyl (C=O) groups excluding carboxylic acids is 1. The fraction of sp³-hybridized carbons (Fsp3) is 0.529. The molecule has 0 aromatic heterocycles. The molecule has 9 heteroatoms. The van der Waals surface area contributed by atoms with Crippen molar-refractivity contribution in [1.29, 1.82) is 0 Å². The number of nitrogens with one attached hydrogen (secondary N) is 1. The molecular weight excluding hydrogens is 355 g/mol. The largest absolute Gasteiger partial charge is 0.573 e. The van der Waals surface area contributed by atoms with Gasteiger partial charge in [0.05, 0.1) is 0 Å². The SMILES string of the molecule is CC(C)(C)OC(=O)NC1CC(C(=O)O)(c2ccccc2OC(F)(F)F)C1. The molecule has 1 aliphatic carbocycles. The lowest BCUT2D eigenvalue weighted by Gasteiger charge is -2.45. The molecule has 0 radical (unpaired) electrons. The van der Waals surface area contributed by atoms with Gasteiger partial charge in [-0.2, -0.15) is 0 Å². The molecule has 1 aromatic rings. The Morgan fingerprint density at radius 2 is 1.77 bits per heavy atom. The lowest BCUT2D eigenvalue weighted by Crippen LogP contribution is -2.57. The van der Waals surface area contributed by atoms with Gasteiger partial charge in [0.25, 0.3) is 0 Å². The minimum Gasteiger partial charge on any atom is -0.481 e. The Bertz CT molecular complexity index is 690. The molecule has 0 spiro atoms. The topological polar surface area (TPSA) is 84.9 Å². The van der Waals surface area contributed by atoms with Crippen molar-refractivity contribution in [3.05, 3.63) is 29.8 Å². The highest BCUT2D eigenvalue weighted by Gasteiger charge is 2.54. The number of ether oxygens (including phenoxy) is 2. The molecule has 0 bridgehead atoms. The van der Waals surface area contributed by atoms with E-state index >= 15 is 0 Å². The monoisotopic (exact) mass is 375 g/mol. The molecule has 0 aliphatic heterocycles. The van der Waals surface area contributed by atoms with Gasteiger partial charge in [0.2, 0.25) is 0 Å². The van der Waals surface area contributed by atoms with E-state index in [1.54, 1.807) is 20.8 Å². The van der Waals surface area contributed by atoms with Gasteiger partial charge in [-0.1, -0.05) is 18.2 Å². The van der Waals surface area contributed by atoms with Crippen LogP contribution in [0.5, 0.6) is 5.75 Å². The van der Waals surface area contributed by atoms with Crippen LogP contribution in [0.4, 0.5) is 18.0 Å². The normalized spacial score (nSPS) is 22.9. The first-order chi connectivity index (χ1) is 11.8. The maximum Gasteiger partial charge on any atom is 0.573 e. The third-order valence-electron chi connectivity index (χ3n) is 3.95. The number of carbonyl (C=O) groups is 2. The first kappa shape index (κ1) is 19.9. The highest BCUT2D eigenvalue weighted by Crippen LogP contribution is 2.48. The number of benzene rings is 1. The van der Waals surface area contributed by atoms with Crippen LogP contribution in [0.3, 0.4) is 0 Å². The van der Waals surface area contributed by atoms with E-state index in [2.05, 4.69) is 10.1 Å². The molecule has 26 heavy (non-hydrogen) atoms. The second-order valence-electron chi connectivity index (χ2n) is 7.18. The van der Waals surface area contributed by atoms with Gasteiger partial charge in [-0.3, -0.25) is 4.79 Å². The van der Waals surface area contributed by atoms with Crippen LogP contribution in [0, 0.1) is 0 Å². The van der Waals surface area contributed by atoms with Gasteiger partial charge >= 0.3 is 18.4 Å². The van der Waals surface area contributed by atoms with E-state index in [1.807, 2.05) is 0 Å². The summed E-state index contributed by atoms with van der Waals surface area (Å²) in [6, 6.07) is 4.61. The van der Waals surface area contributed by atoms with Crippen LogP contribution in [0.25, 0.3) is 0 Å². The van der Waals surface area contributed by atoms with Crippen molar-refractivity contribution in [3.63, 3.8) is 0 Å². The summed E-state index contributed by atoms with van der Waals surface area (Å²) < 4.78 is 46.9. The number of rotatable bonds is 4. The quantitative estimate of drug-likeness (QED) is 0.840. The van der Waals surface area contributed by atoms with Crippen molar-refractivity contribution in [2.45, 2.75) is 57.0 Å². The summed E-state index contributed by atoms with van der Waals surface area (Å²) in [5, 5.41) is 12.2. The molecule has 2 N–H and O–H groups in total. The van der Waals surface area contributed by atoms with Crippen LogP contribution >= 0.6 is 0 Å². The minimum atomic E-state index is -4.94. The van der Waals surface area contributed by atoms with Crippen molar-refractivity contribution in [1.82, 2.24) is 5.32 Å². The number of amides is 1. The van der Waals surface area contributed by atoms with Gasteiger partial charge in [-0.05, 0) is 39.7 Å². The van der Waals surface area contributed by atoms with E-state index in [0.717, 1.165) is 6.07 Å². The van der Waals surface area contributed by atoms with Crippen LogP contribution in [0.1, 0.15) is 39.2 Å². The summed E-state index contributed by atoms with van der Waals surface area (Å²) in [6.45, 7) is 5.04. The number of carboxylic acids is 1. The van der Waals surface area contributed by atoms with Crippen molar-refractivity contribution in [3.8, 4) is 5.75 Å². The lowest BCUT2D eigenvalue weighted by molar-refractivity contribution is -0.275. The highest BCUT2D eigenvalue weighted by molar-refractivity contribution is 5.84. The van der Waals surface area contributed by atoms with E-state index in [9.17, 15) is 27.9 Å². The van der Waals surface area contributed by atoms with E-state index in [1.165, 1.54) is 18.2 Å². The number of carboxylic acid groups (broad SMARTS) is 1. The summed E-state index contributed by atoms with van der Waals surface area (Å²) >= 11 is 0. The molecule has 0 atom stereocenters. The zero-order chi connectivity index (χ0) is 19.8. The fourth-order valence-electron chi connectivity index (χ4n) is 2.94. The fourth-order valence-corrected chi connectivity index (χ4v) is 2.94. The van der Waals surface area contributed by atoms with E-state index < -0.39 is 41.2 Å². The van der Waals surface area contributed by atoms with Gasteiger partial charge in [-0.25, -0.2) is 4.79 Å². The first-order valence-corrected chi connectivity index (χ1v) is 7.90. The third-order valence-corrected chi connectivity index (χ3v) is 3.95. The molecule has 6 nitrogen and oxygen atoms in total. The maximum atomic E-state index is 12.6. The van der Waals surface area contributed by atoms with Crippen molar-refractivity contribution < 1.29 is 37.3 Å². The number of para-hydroxylation sites is 1. The Balaban J connectivity index is 2.17. The Labute approximate surface area is 148 Å². The predicted octanol–water partition coefficient (Wildman–Crippen LogP) is 3.59. The molecule has 0 saturated heterocycles. The molecule has 0 heterocycles. The molecule has 1 fully saturated rings. The van der Waals surface area contributed by atoms with Crippen LogP contribution in [0.15, 0.2) is 24.3 Å². The maximum absolute atomic E-state index is 12.6. The molecule has 1 aromatic carbocycles. The Morgan fingerprint density at radius 1 is 1.19 bits per heavy atom. The number of hydrogen-bond donors (Lipinski definition) is 2. The van der Waals surface area contributed by atoms with E-state index in [-0.39, 0.29) is 18.4 Å². The molecule has 0 unspecified atom stereocenters. The van der Waals surface area contributed by atoms with Crippen molar-refractivity contribution in [2.24, 2.45) is 0 Å². The number of alkyl carbamates (subject to hydrolysis) is 1. The number of alkyl halides is 3. The predicted molar refractivity (Wildman–Crippen MR) is 84.8 cm³/mol.